The van der Waals surface area contributed by atoms with Crippen LogP contribution < -0.4 is 28.4 Å². The van der Waals surface area contributed by atoms with E-state index in [9.17, 15) is 0 Å². The van der Waals surface area contributed by atoms with Gasteiger partial charge in [-0.15, -0.1) is 15.0 Å². The van der Waals surface area contributed by atoms with Gasteiger partial charge in [0.25, 0.3) is 0 Å². The zero-order chi connectivity index (χ0) is 106. The second-order valence-corrected chi connectivity index (χ2v) is 17.4. The molecule has 0 N–H and O–H groups in total. The third-order valence-electron chi connectivity index (χ3n) is 9.69. The van der Waals surface area contributed by atoms with Gasteiger partial charge in [-0.3, -0.25) is 0 Å². The molecule has 748 valence electrons. The van der Waals surface area contributed by atoms with E-state index in [1.807, 2.05) is 533 Å². The summed E-state index contributed by atoms with van der Waals surface area (Å²) in [5, 5.41) is 0.00345. The Kier molecular flexibility index (Phi) is 186. The van der Waals surface area contributed by atoms with Crippen LogP contribution in [0.1, 0.15) is 332 Å². The van der Waals surface area contributed by atoms with Gasteiger partial charge < -0.3 is 28.4 Å². The molecule has 4 aromatic heterocycles. The molecule has 18 nitrogen and oxygen atoms in total. The highest BCUT2D eigenvalue weighted by molar-refractivity contribution is 6.33. The largest absolute Gasteiger partial charge is 0.424 e. The number of ether oxygens (including phenoxy) is 6. The Bertz CT molecular complexity index is 3460. The van der Waals surface area contributed by atoms with Gasteiger partial charge in [-0.1, -0.05) is 508 Å². The van der Waals surface area contributed by atoms with E-state index < -0.39 is 0 Å². The van der Waals surface area contributed by atoms with Gasteiger partial charge in [-0.05, 0) is 131 Å². The van der Waals surface area contributed by atoms with Crippen molar-refractivity contribution in [3.05, 3.63) is 275 Å². The maximum atomic E-state index is 5.86. The fourth-order valence-corrected chi connectivity index (χ4v) is 7.11. The molecule has 0 atom stereocenters. The van der Waals surface area contributed by atoms with Crippen molar-refractivity contribution >= 4 is 58.0 Å². The summed E-state index contributed by atoms with van der Waals surface area (Å²) in [4.78, 5) is 47.3. The van der Waals surface area contributed by atoms with Crippen LogP contribution in [-0.2, 0) is 0 Å². The van der Waals surface area contributed by atoms with Gasteiger partial charge in [0.2, 0.25) is 26.4 Å². The van der Waals surface area contributed by atoms with Crippen LogP contribution in [0.2, 0.25) is 26.4 Å². The SMILES string of the molecule is CC.CC.CC.CC.CC.CC.CC.CC.CC.CC.CC.CC.CC.CC.CC.CC.CC.CC.CC.CC.CC.CC.CC.CC.Clc1nc(Cl)nc(Cl)n1.Clc1nc(Oc2ccccc2)nc(Oc2ccccc2)n1.Clc1nc(Oc2ccccc2)nc(Oc2ccccc2)n1.c1ccc(Oc2nc(Oc3ccccc3)nc(-c3ccccc3)n2)cc1.c1ccccc1. The first-order chi connectivity index (χ1) is 64.6. The Morgan fingerprint density at radius 3 is 0.374 bits per heavy atom. The predicted molar refractivity (Wildman–Crippen MR) is 588 cm³/mol. The molecule has 0 radical (unpaired) electrons. The summed E-state index contributed by atoms with van der Waals surface area (Å²) in [5.74, 6) is 4.18. The zero-order valence-electron chi connectivity index (χ0n) is 90.9. The lowest BCUT2D eigenvalue weighted by molar-refractivity contribution is 0.396. The van der Waals surface area contributed by atoms with Crippen molar-refractivity contribution in [2.45, 2.75) is 332 Å². The molecule has 12 aromatic rings. The second-order valence-electron chi connectivity index (χ2n) is 15.7. The first-order valence-corrected chi connectivity index (χ1v) is 50.3. The van der Waals surface area contributed by atoms with Crippen molar-refractivity contribution in [2.24, 2.45) is 0 Å². The summed E-state index contributed by atoms with van der Waals surface area (Å²) in [5.41, 5.74) is 0.853. The highest BCUT2D eigenvalue weighted by atomic mass is 35.5. The molecule has 0 fully saturated rings. The number of nitrogens with zero attached hydrogens (tertiary/aromatic N) is 12. The molecule has 0 aliphatic carbocycles. The number of benzene rings is 8. The van der Waals surface area contributed by atoms with Crippen LogP contribution in [-0.4, -0.2) is 59.8 Å². The molecular weight excluding hydrogens is 1740 g/mol. The average Bonchev–Trinajstić information content (AvgIpc) is 0.828. The van der Waals surface area contributed by atoms with Crippen molar-refractivity contribution < 1.29 is 28.4 Å². The first-order valence-electron chi connectivity index (χ1n) is 48.4. The predicted octanol–water partition coefficient (Wildman–Crippen LogP) is 41.5. The Morgan fingerprint density at radius 2 is 0.237 bits per heavy atom. The first kappa shape index (κ1) is 161. The molecule has 12 rings (SSSR count). The maximum absolute atomic E-state index is 5.86. The Hall–Kier alpha value is -9.95. The fraction of sp³-hybridized carbons (Fsp3) is 0.444. The standard InChI is InChI=1S/C21H15N3O2.2C15H10ClN3O2.C6H6.C3Cl3N3.24C2H6/c1-4-10-16(11-5-1)19-22-20(25-17-12-6-2-7-13-17)24-21(23-19)26-18-14-8-3-9-15-18;2*16-13-17-14(20-11-7-3-1-4-8-11)19-15(18-13)21-12-9-5-2-6-10-12;1-2-4-6-5-3-1;4-1-7-2(5)9-3(6)8-1;24*1-2/h1-15H;2*1-10H;1-6H;;24*1-2H3. The van der Waals surface area contributed by atoms with Gasteiger partial charge in [-0.25, -0.2) is 0 Å². The summed E-state index contributed by atoms with van der Waals surface area (Å²) < 4.78 is 33.6. The molecule has 8 aromatic carbocycles. The number of hydrogen-bond acceptors (Lipinski definition) is 18. The highest BCUT2D eigenvalue weighted by Gasteiger charge is 2.14. The number of rotatable bonds is 13. The van der Waals surface area contributed by atoms with E-state index in [0.29, 0.717) is 40.3 Å². The van der Waals surface area contributed by atoms with E-state index in [-0.39, 0.29) is 62.5 Å². The van der Waals surface area contributed by atoms with Crippen LogP contribution in [0.15, 0.2) is 249 Å². The van der Waals surface area contributed by atoms with Crippen LogP contribution in [0.5, 0.6) is 70.6 Å². The fourth-order valence-electron chi connectivity index (χ4n) is 6.21. The molecule has 0 amide bonds. The second kappa shape index (κ2) is 151. The van der Waals surface area contributed by atoms with Gasteiger partial charge in [0.1, 0.15) is 34.5 Å². The third-order valence-corrected chi connectivity index (χ3v) is 10.5. The molecule has 0 saturated heterocycles. The van der Waals surface area contributed by atoms with Crippen LogP contribution >= 0.6 is 58.0 Å². The van der Waals surface area contributed by atoms with Gasteiger partial charge in [-0.2, -0.15) is 44.9 Å². The summed E-state index contributed by atoms with van der Waals surface area (Å²) >= 11 is 27.7. The Balaban J connectivity index is -0.0000000762. The zero-order valence-corrected chi connectivity index (χ0v) is 94.7. The third kappa shape index (κ3) is 102. The minimum Gasteiger partial charge on any atom is -0.424 e. The molecule has 0 bridgehead atoms. The van der Waals surface area contributed by atoms with Crippen LogP contribution in [0.3, 0.4) is 0 Å². The lowest BCUT2D eigenvalue weighted by Crippen LogP contribution is -2.00. The van der Waals surface area contributed by atoms with E-state index in [2.05, 4.69) is 59.8 Å². The van der Waals surface area contributed by atoms with Crippen molar-refractivity contribution in [2.75, 3.05) is 0 Å². The van der Waals surface area contributed by atoms with Crippen LogP contribution in [0.4, 0.5) is 0 Å². The van der Waals surface area contributed by atoms with E-state index in [4.69, 9.17) is 86.4 Å². The average molecular weight is 1930 g/mol. The summed E-state index contributed by atoms with van der Waals surface area (Å²) in [6.45, 7) is 96.0. The molecular formula is C108H185Cl5N12O6. The lowest BCUT2D eigenvalue weighted by atomic mass is 10.2. The topological polar surface area (TPSA) is 210 Å². The number of halogens is 5. The maximum Gasteiger partial charge on any atom is 0.329 e. The van der Waals surface area contributed by atoms with E-state index in [1.165, 1.54) is 0 Å². The van der Waals surface area contributed by atoms with Crippen LogP contribution in [0, 0.1) is 0 Å². The normalized spacial score (nSPS) is 7.43. The highest BCUT2D eigenvalue weighted by Crippen LogP contribution is 2.28. The quantitative estimate of drug-likeness (QED) is 0.105. The summed E-state index contributed by atoms with van der Waals surface area (Å²) in [6.07, 6.45) is 0. The Morgan fingerprint density at radius 1 is 0.130 bits per heavy atom. The lowest BCUT2D eigenvalue weighted by Gasteiger charge is -2.09. The van der Waals surface area contributed by atoms with E-state index in [0.717, 1.165) is 5.56 Å². The summed E-state index contributed by atoms with van der Waals surface area (Å²) in [7, 11) is 0. The summed E-state index contributed by atoms with van der Waals surface area (Å²) in [6, 6.07) is 77.6. The number of para-hydroxylation sites is 6. The molecule has 0 saturated carbocycles. The molecule has 4 heterocycles. The van der Waals surface area contributed by atoms with Crippen molar-refractivity contribution in [3.63, 3.8) is 0 Å². The van der Waals surface area contributed by atoms with Crippen molar-refractivity contribution in [3.8, 4) is 81.9 Å². The minimum atomic E-state index is 0.000000000000000444. The number of hydrogen-bond donors (Lipinski definition) is 0. The molecule has 0 spiro atoms. The van der Waals surface area contributed by atoms with Crippen molar-refractivity contribution in [1.82, 2.24) is 59.8 Å². The van der Waals surface area contributed by atoms with Crippen molar-refractivity contribution in [1.29, 1.82) is 0 Å². The smallest absolute Gasteiger partial charge is 0.329 e. The monoisotopic (exact) mass is 1920 g/mol. The molecule has 23 heteroatoms. The van der Waals surface area contributed by atoms with Gasteiger partial charge in [0, 0.05) is 5.56 Å². The van der Waals surface area contributed by atoms with Gasteiger partial charge in [0.15, 0.2) is 5.82 Å². The molecule has 0 aliphatic rings. The minimum absolute atomic E-state index is 0.000000000000000444. The molecule has 0 aliphatic heterocycles. The van der Waals surface area contributed by atoms with Gasteiger partial charge >= 0.3 is 36.1 Å². The van der Waals surface area contributed by atoms with Gasteiger partial charge in [0.05, 0.1) is 0 Å². The molecule has 131 heavy (non-hydrogen) atoms. The van der Waals surface area contributed by atoms with E-state index >= 15 is 0 Å². The van der Waals surface area contributed by atoms with Crippen LogP contribution in [0.25, 0.3) is 11.4 Å². The van der Waals surface area contributed by atoms with E-state index in [1.54, 1.807) is 48.5 Å². The molecule has 0 unspecified atom stereocenters. The number of aromatic nitrogens is 12. The Labute approximate surface area is 830 Å².